The predicted octanol–water partition coefficient (Wildman–Crippen LogP) is 1.95. The molecule has 1 aromatic heterocycles. The molecule has 0 aliphatic rings. The summed E-state index contributed by atoms with van der Waals surface area (Å²) in [7, 11) is 0. The SMILES string of the molecule is NC(=O)N(N)N.c1ccc(-c2cc3ccccc3[nH]2)cc1. The van der Waals surface area contributed by atoms with E-state index in [9.17, 15) is 4.79 Å². The molecule has 0 saturated heterocycles. The number of fused-ring (bicyclic) bond motifs is 1. The number of para-hydroxylation sites is 1. The van der Waals surface area contributed by atoms with Crippen molar-refractivity contribution in [2.24, 2.45) is 17.4 Å². The number of rotatable bonds is 1. The molecule has 3 rings (SSSR count). The van der Waals surface area contributed by atoms with Crippen LogP contribution < -0.4 is 17.4 Å². The molecule has 0 saturated carbocycles. The number of hydrazine groups is 2. The fourth-order valence-corrected chi connectivity index (χ4v) is 1.85. The van der Waals surface area contributed by atoms with Crippen molar-refractivity contribution in [1.29, 1.82) is 0 Å². The zero-order valence-corrected chi connectivity index (χ0v) is 11.4. The van der Waals surface area contributed by atoms with Gasteiger partial charge in [0.2, 0.25) is 0 Å². The molecule has 108 valence electrons. The number of hydrogen-bond acceptors (Lipinski definition) is 3. The highest BCUT2D eigenvalue weighted by molar-refractivity contribution is 5.85. The van der Waals surface area contributed by atoms with Crippen LogP contribution in [0.25, 0.3) is 22.2 Å². The number of aromatic nitrogens is 1. The Morgan fingerprint density at radius 1 is 0.952 bits per heavy atom. The Hall–Kier alpha value is -2.83. The molecular weight excluding hydrogens is 266 g/mol. The number of nitrogens with zero attached hydrogens (tertiary/aromatic N) is 1. The number of amides is 2. The van der Waals surface area contributed by atoms with Crippen molar-refractivity contribution in [1.82, 2.24) is 10.1 Å². The molecule has 3 aromatic rings. The molecule has 0 unspecified atom stereocenters. The zero-order valence-electron chi connectivity index (χ0n) is 11.4. The first kappa shape index (κ1) is 14.6. The average Bonchev–Trinajstić information content (AvgIpc) is 2.92. The molecule has 0 atom stereocenters. The van der Waals surface area contributed by atoms with Gasteiger partial charge >= 0.3 is 6.03 Å². The molecule has 6 nitrogen and oxygen atoms in total. The van der Waals surface area contributed by atoms with E-state index in [1.165, 1.54) is 22.2 Å². The maximum absolute atomic E-state index is 9.60. The minimum atomic E-state index is -0.852. The van der Waals surface area contributed by atoms with Crippen LogP contribution in [0.2, 0.25) is 0 Å². The Morgan fingerprint density at radius 3 is 2.10 bits per heavy atom. The first-order valence-electron chi connectivity index (χ1n) is 6.30. The quantitative estimate of drug-likeness (QED) is 0.311. The minimum Gasteiger partial charge on any atom is -0.355 e. The van der Waals surface area contributed by atoms with Gasteiger partial charge in [-0.25, -0.2) is 16.5 Å². The van der Waals surface area contributed by atoms with Crippen LogP contribution in [0.1, 0.15) is 0 Å². The number of H-pyrrole nitrogens is 1. The van der Waals surface area contributed by atoms with Gasteiger partial charge in [0.15, 0.2) is 0 Å². The van der Waals surface area contributed by atoms with Crippen LogP contribution in [0.4, 0.5) is 4.79 Å². The Kier molecular flexibility index (Phi) is 4.55. The van der Waals surface area contributed by atoms with Crippen molar-refractivity contribution in [3.8, 4) is 11.3 Å². The van der Waals surface area contributed by atoms with E-state index in [0.717, 1.165) is 0 Å². The molecule has 2 aromatic carbocycles. The summed E-state index contributed by atoms with van der Waals surface area (Å²) in [4.78, 5) is 13.0. The van der Waals surface area contributed by atoms with Gasteiger partial charge in [-0.2, -0.15) is 5.12 Å². The third-order valence-electron chi connectivity index (χ3n) is 2.87. The highest BCUT2D eigenvalue weighted by Gasteiger charge is 2.00. The normalized spacial score (nSPS) is 9.81. The van der Waals surface area contributed by atoms with Crippen LogP contribution >= 0.6 is 0 Å². The van der Waals surface area contributed by atoms with Crippen LogP contribution in [0.3, 0.4) is 0 Å². The Morgan fingerprint density at radius 2 is 1.52 bits per heavy atom. The van der Waals surface area contributed by atoms with Crippen molar-refractivity contribution in [2.75, 3.05) is 0 Å². The summed E-state index contributed by atoms with van der Waals surface area (Å²) >= 11 is 0. The summed E-state index contributed by atoms with van der Waals surface area (Å²) in [5.41, 5.74) is 8.07. The number of hydrogen-bond donors (Lipinski definition) is 4. The summed E-state index contributed by atoms with van der Waals surface area (Å²) in [6.07, 6.45) is 0. The summed E-state index contributed by atoms with van der Waals surface area (Å²) in [5.74, 6) is 9.14. The number of primary amides is 1. The summed E-state index contributed by atoms with van der Waals surface area (Å²) < 4.78 is 0. The fourth-order valence-electron chi connectivity index (χ4n) is 1.85. The standard InChI is InChI=1S/C14H11N.CH6N4O/c1-2-6-11(7-3-1)14-10-12-8-4-5-9-13(12)15-14;2-1(6)5(3)4/h1-10,15H;3-4H2,(H2,2,6). The van der Waals surface area contributed by atoms with E-state index in [1.54, 1.807) is 0 Å². The molecule has 21 heavy (non-hydrogen) atoms. The van der Waals surface area contributed by atoms with Crippen LogP contribution in [0, 0.1) is 0 Å². The summed E-state index contributed by atoms with van der Waals surface area (Å²) in [6, 6.07) is 20.0. The zero-order chi connectivity index (χ0) is 15.2. The lowest BCUT2D eigenvalue weighted by atomic mass is 10.1. The van der Waals surface area contributed by atoms with Crippen molar-refractivity contribution < 1.29 is 4.79 Å². The largest absolute Gasteiger partial charge is 0.355 e. The monoisotopic (exact) mass is 283 g/mol. The molecular formula is C15H17N5O. The number of nitrogens with one attached hydrogen (secondary N) is 1. The van der Waals surface area contributed by atoms with Crippen LogP contribution in [-0.2, 0) is 0 Å². The van der Waals surface area contributed by atoms with Crippen molar-refractivity contribution >= 4 is 16.9 Å². The number of carbonyl (C=O) groups excluding carboxylic acids is 1. The van der Waals surface area contributed by atoms with Gasteiger partial charge in [0.05, 0.1) is 0 Å². The number of nitrogens with two attached hydrogens (primary N) is 3. The minimum absolute atomic E-state index is 0.306. The Balaban J connectivity index is 0.000000232. The van der Waals surface area contributed by atoms with Crippen LogP contribution in [-0.4, -0.2) is 16.1 Å². The lowest BCUT2D eigenvalue weighted by Gasteiger charge is -2.00. The van der Waals surface area contributed by atoms with E-state index in [-0.39, 0.29) is 0 Å². The van der Waals surface area contributed by atoms with Crippen LogP contribution in [0.15, 0.2) is 60.7 Å². The first-order valence-corrected chi connectivity index (χ1v) is 6.30. The second kappa shape index (κ2) is 6.56. The third-order valence-corrected chi connectivity index (χ3v) is 2.87. The van der Waals surface area contributed by atoms with E-state index >= 15 is 0 Å². The van der Waals surface area contributed by atoms with Crippen molar-refractivity contribution in [3.63, 3.8) is 0 Å². The van der Waals surface area contributed by atoms with Gasteiger partial charge < -0.3 is 10.7 Å². The smallest absolute Gasteiger partial charge is 0.343 e. The molecule has 0 radical (unpaired) electrons. The highest BCUT2D eigenvalue weighted by Crippen LogP contribution is 2.23. The van der Waals surface area contributed by atoms with E-state index in [4.69, 9.17) is 0 Å². The fraction of sp³-hybridized carbons (Fsp3) is 0. The molecule has 7 N–H and O–H groups in total. The van der Waals surface area contributed by atoms with Gasteiger partial charge in [0.1, 0.15) is 0 Å². The average molecular weight is 283 g/mol. The highest BCUT2D eigenvalue weighted by atomic mass is 16.2. The molecule has 6 heteroatoms. The van der Waals surface area contributed by atoms with Gasteiger partial charge in [-0.15, -0.1) is 0 Å². The second-order valence-electron chi connectivity index (χ2n) is 4.38. The molecule has 0 bridgehead atoms. The number of urea groups is 1. The number of aromatic amines is 1. The van der Waals surface area contributed by atoms with E-state index in [0.29, 0.717) is 5.12 Å². The van der Waals surface area contributed by atoms with Crippen molar-refractivity contribution in [3.05, 3.63) is 60.7 Å². The molecule has 1 heterocycles. The number of benzene rings is 2. The lowest BCUT2D eigenvalue weighted by molar-refractivity contribution is 0.210. The Labute approximate surface area is 122 Å². The van der Waals surface area contributed by atoms with Gasteiger partial charge in [-0.3, -0.25) is 0 Å². The molecule has 0 fully saturated rings. The lowest BCUT2D eigenvalue weighted by Crippen LogP contribution is -2.46. The predicted molar refractivity (Wildman–Crippen MR) is 83.5 cm³/mol. The number of carbonyl (C=O) groups is 1. The third kappa shape index (κ3) is 3.82. The first-order chi connectivity index (χ1) is 10.1. The maximum Gasteiger partial charge on any atom is 0.343 e. The summed E-state index contributed by atoms with van der Waals surface area (Å²) in [6.45, 7) is 0. The molecule has 2 amide bonds. The van der Waals surface area contributed by atoms with E-state index < -0.39 is 6.03 Å². The Bertz CT molecular complexity index is 688. The maximum atomic E-state index is 9.60. The topological polar surface area (TPSA) is 114 Å². The van der Waals surface area contributed by atoms with Gasteiger partial charge in [-0.1, -0.05) is 48.5 Å². The van der Waals surface area contributed by atoms with Gasteiger partial charge in [-0.05, 0) is 17.7 Å². The van der Waals surface area contributed by atoms with E-state index in [1.807, 2.05) is 12.1 Å². The molecule has 0 aliphatic heterocycles. The molecule has 0 spiro atoms. The van der Waals surface area contributed by atoms with Gasteiger partial charge in [0.25, 0.3) is 0 Å². The van der Waals surface area contributed by atoms with Crippen molar-refractivity contribution in [2.45, 2.75) is 0 Å². The summed E-state index contributed by atoms with van der Waals surface area (Å²) in [5, 5.41) is 1.57. The van der Waals surface area contributed by atoms with Gasteiger partial charge in [0, 0.05) is 16.6 Å². The second-order valence-corrected chi connectivity index (χ2v) is 4.38. The molecule has 0 aliphatic carbocycles. The van der Waals surface area contributed by atoms with Crippen LogP contribution in [0.5, 0.6) is 0 Å². The van der Waals surface area contributed by atoms with E-state index in [2.05, 4.69) is 70.9 Å².